The molecule has 0 fully saturated rings. The van der Waals surface area contributed by atoms with E-state index in [1.165, 1.54) is 0 Å². The van der Waals surface area contributed by atoms with E-state index in [-0.39, 0.29) is 5.91 Å². The van der Waals surface area contributed by atoms with Gasteiger partial charge in [0.1, 0.15) is 0 Å². The van der Waals surface area contributed by atoms with Crippen LogP contribution in [0.5, 0.6) is 0 Å². The molecule has 120 valence electrons. The predicted molar refractivity (Wildman–Crippen MR) is 98.5 cm³/mol. The highest BCUT2D eigenvalue weighted by atomic mass is 35.5. The number of aryl methyl sites for hydroxylation is 2. The molecule has 0 aliphatic carbocycles. The molecule has 23 heavy (non-hydrogen) atoms. The van der Waals surface area contributed by atoms with Gasteiger partial charge in [-0.3, -0.25) is 15.6 Å². The van der Waals surface area contributed by atoms with Crippen molar-refractivity contribution in [2.45, 2.75) is 19.8 Å². The smallest absolute Gasteiger partial charge is 0.238 e. The van der Waals surface area contributed by atoms with E-state index in [0.717, 1.165) is 16.8 Å². The Morgan fingerprint density at radius 1 is 1.13 bits per heavy atom. The fraction of sp³-hybridized carbons (Fsp3) is 0.176. The van der Waals surface area contributed by atoms with E-state index in [1.54, 1.807) is 6.07 Å². The lowest BCUT2D eigenvalue weighted by Crippen LogP contribution is -2.43. The fourth-order valence-electron chi connectivity index (χ4n) is 2.01. The van der Waals surface area contributed by atoms with Crippen LogP contribution in [0, 0.1) is 6.92 Å². The molecule has 2 aromatic rings. The second kappa shape index (κ2) is 8.50. The van der Waals surface area contributed by atoms with E-state index in [0.29, 0.717) is 23.0 Å². The first-order chi connectivity index (χ1) is 11.0. The average Bonchev–Trinajstić information content (AvgIpc) is 2.54. The lowest BCUT2D eigenvalue weighted by Gasteiger charge is -2.13. The molecule has 3 N–H and O–H groups in total. The summed E-state index contributed by atoms with van der Waals surface area (Å²) in [5, 5.41) is 4.00. The Hall–Kier alpha value is -2.11. The van der Waals surface area contributed by atoms with E-state index in [9.17, 15) is 4.79 Å². The van der Waals surface area contributed by atoms with E-state index < -0.39 is 0 Å². The molecule has 2 rings (SSSR count). The Kier molecular flexibility index (Phi) is 6.38. The zero-order valence-corrected chi connectivity index (χ0v) is 14.3. The molecule has 0 radical (unpaired) electrons. The number of carbonyl (C=O) groups is 1. The zero-order valence-electron chi connectivity index (χ0n) is 12.7. The van der Waals surface area contributed by atoms with Crippen LogP contribution in [0.15, 0.2) is 48.5 Å². The molecule has 4 nitrogen and oxygen atoms in total. The summed E-state index contributed by atoms with van der Waals surface area (Å²) in [6.07, 6.45) is 1.07. The Bertz CT molecular complexity index is 691. The van der Waals surface area contributed by atoms with Crippen molar-refractivity contribution in [2.75, 3.05) is 5.32 Å². The van der Waals surface area contributed by atoms with Gasteiger partial charge in [-0.15, -0.1) is 0 Å². The molecule has 0 saturated heterocycles. The third-order valence-corrected chi connectivity index (χ3v) is 3.67. The van der Waals surface area contributed by atoms with Gasteiger partial charge in [-0.05, 0) is 54.9 Å². The summed E-state index contributed by atoms with van der Waals surface area (Å²) < 4.78 is 0. The van der Waals surface area contributed by atoms with Gasteiger partial charge in [0.2, 0.25) is 5.91 Å². The maximum atomic E-state index is 11.8. The number of benzene rings is 2. The topological polar surface area (TPSA) is 53.2 Å². The van der Waals surface area contributed by atoms with Gasteiger partial charge in [0.05, 0.1) is 0 Å². The highest BCUT2D eigenvalue weighted by Crippen LogP contribution is 2.19. The number of rotatable bonds is 4. The van der Waals surface area contributed by atoms with Crippen molar-refractivity contribution in [1.82, 2.24) is 10.9 Å². The van der Waals surface area contributed by atoms with E-state index in [4.69, 9.17) is 23.8 Å². The number of anilines is 1. The number of hydrazine groups is 1. The second-order valence-electron chi connectivity index (χ2n) is 5.07. The second-order valence-corrected chi connectivity index (χ2v) is 5.92. The number of amides is 1. The summed E-state index contributed by atoms with van der Waals surface area (Å²) >= 11 is 11.1. The summed E-state index contributed by atoms with van der Waals surface area (Å²) in [6.45, 7) is 1.93. The van der Waals surface area contributed by atoms with Crippen molar-refractivity contribution in [2.24, 2.45) is 0 Å². The molecule has 2 aromatic carbocycles. The summed E-state index contributed by atoms with van der Waals surface area (Å²) in [5.74, 6) is -0.120. The van der Waals surface area contributed by atoms with Crippen LogP contribution in [0.3, 0.4) is 0 Å². The minimum Gasteiger partial charge on any atom is -0.331 e. The molecule has 1 amide bonds. The minimum atomic E-state index is -0.120. The molecule has 0 saturated carbocycles. The third kappa shape index (κ3) is 5.88. The van der Waals surface area contributed by atoms with Crippen LogP contribution in [-0.4, -0.2) is 11.0 Å². The first-order valence-electron chi connectivity index (χ1n) is 7.20. The molecular weight excluding hydrogens is 330 g/mol. The zero-order chi connectivity index (χ0) is 16.7. The largest absolute Gasteiger partial charge is 0.331 e. The van der Waals surface area contributed by atoms with E-state index in [1.807, 2.05) is 49.4 Å². The first-order valence-corrected chi connectivity index (χ1v) is 7.99. The monoisotopic (exact) mass is 347 g/mol. The third-order valence-electron chi connectivity index (χ3n) is 3.24. The van der Waals surface area contributed by atoms with Crippen molar-refractivity contribution in [3.05, 3.63) is 64.7 Å². The number of thiocarbonyl (C=S) groups is 1. The highest BCUT2D eigenvalue weighted by Gasteiger charge is 2.05. The molecule has 0 aliphatic heterocycles. The fourth-order valence-corrected chi connectivity index (χ4v) is 2.40. The molecule has 0 aliphatic rings. The quantitative estimate of drug-likeness (QED) is 0.584. The number of nitrogens with one attached hydrogen (secondary N) is 3. The van der Waals surface area contributed by atoms with Crippen molar-refractivity contribution >= 4 is 40.5 Å². The van der Waals surface area contributed by atoms with Gasteiger partial charge in [0.25, 0.3) is 0 Å². The number of hydrogen-bond donors (Lipinski definition) is 3. The summed E-state index contributed by atoms with van der Waals surface area (Å²) in [6, 6.07) is 15.3. The van der Waals surface area contributed by atoms with Crippen molar-refractivity contribution in [1.29, 1.82) is 0 Å². The molecular formula is C17H18ClN3OS. The van der Waals surface area contributed by atoms with Crippen LogP contribution in [0.25, 0.3) is 0 Å². The maximum Gasteiger partial charge on any atom is 0.238 e. The van der Waals surface area contributed by atoms with Gasteiger partial charge in [0.15, 0.2) is 5.11 Å². The molecule has 0 aromatic heterocycles. The van der Waals surface area contributed by atoms with Crippen LogP contribution in [0.4, 0.5) is 5.69 Å². The number of carbonyl (C=O) groups excluding carboxylic acids is 1. The van der Waals surface area contributed by atoms with Crippen LogP contribution in [0.2, 0.25) is 5.02 Å². The maximum absolute atomic E-state index is 11.8. The van der Waals surface area contributed by atoms with Crippen molar-refractivity contribution in [3.8, 4) is 0 Å². The standard InChI is InChI=1S/C17H18ClN3OS/c1-12-11-14(18)8-9-15(12)19-17(23)21-20-16(22)10-7-13-5-3-2-4-6-13/h2-6,8-9,11H,7,10H2,1H3,(H,20,22)(H2,19,21,23). The van der Waals surface area contributed by atoms with Crippen molar-refractivity contribution in [3.63, 3.8) is 0 Å². The number of hydrogen-bond acceptors (Lipinski definition) is 2. The Morgan fingerprint density at radius 3 is 2.57 bits per heavy atom. The van der Waals surface area contributed by atoms with Crippen molar-refractivity contribution < 1.29 is 4.79 Å². The van der Waals surface area contributed by atoms with Crippen LogP contribution in [-0.2, 0) is 11.2 Å². The lowest BCUT2D eigenvalue weighted by molar-refractivity contribution is -0.121. The normalized spacial score (nSPS) is 10.0. The summed E-state index contributed by atoms with van der Waals surface area (Å²) in [5.41, 5.74) is 8.21. The number of halogens is 1. The summed E-state index contributed by atoms with van der Waals surface area (Å²) in [4.78, 5) is 11.8. The van der Waals surface area contributed by atoms with Crippen LogP contribution < -0.4 is 16.2 Å². The molecule has 0 atom stereocenters. The van der Waals surface area contributed by atoms with Gasteiger partial charge >= 0.3 is 0 Å². The highest BCUT2D eigenvalue weighted by molar-refractivity contribution is 7.80. The molecule has 0 spiro atoms. The predicted octanol–water partition coefficient (Wildman–Crippen LogP) is 3.60. The van der Waals surface area contributed by atoms with Gasteiger partial charge in [-0.1, -0.05) is 41.9 Å². The van der Waals surface area contributed by atoms with E-state index >= 15 is 0 Å². The van der Waals surface area contributed by atoms with Gasteiger partial charge in [0, 0.05) is 17.1 Å². The minimum absolute atomic E-state index is 0.120. The Balaban J connectivity index is 1.74. The van der Waals surface area contributed by atoms with Gasteiger partial charge in [-0.25, -0.2) is 0 Å². The summed E-state index contributed by atoms with van der Waals surface area (Å²) in [7, 11) is 0. The molecule has 0 heterocycles. The van der Waals surface area contributed by atoms with Crippen LogP contribution in [0.1, 0.15) is 17.5 Å². The first kappa shape index (κ1) is 17.2. The van der Waals surface area contributed by atoms with E-state index in [2.05, 4.69) is 16.2 Å². The molecule has 0 unspecified atom stereocenters. The Labute approximate surface area is 146 Å². The SMILES string of the molecule is Cc1cc(Cl)ccc1NC(=S)NNC(=O)CCc1ccccc1. The Morgan fingerprint density at radius 2 is 1.87 bits per heavy atom. The van der Waals surface area contributed by atoms with Crippen LogP contribution >= 0.6 is 23.8 Å². The van der Waals surface area contributed by atoms with Gasteiger partial charge in [-0.2, -0.15) is 0 Å². The lowest BCUT2D eigenvalue weighted by atomic mass is 10.1. The van der Waals surface area contributed by atoms with Gasteiger partial charge < -0.3 is 5.32 Å². The average molecular weight is 348 g/mol. The molecule has 0 bridgehead atoms. The molecule has 6 heteroatoms.